The number of amides is 2. The molecule has 9 heteroatoms. The number of hydrogen-bond acceptors (Lipinski definition) is 6. The van der Waals surface area contributed by atoms with Crippen molar-refractivity contribution in [3.8, 4) is 11.5 Å². The van der Waals surface area contributed by atoms with E-state index in [4.69, 9.17) is 4.52 Å². The molecule has 34 heavy (non-hydrogen) atoms. The third kappa shape index (κ3) is 6.48. The minimum Gasteiger partial charge on any atom is -0.351 e. The highest BCUT2D eigenvalue weighted by atomic mass is 19.1. The van der Waals surface area contributed by atoms with E-state index >= 15 is 0 Å². The van der Waals surface area contributed by atoms with Gasteiger partial charge in [-0.2, -0.15) is 4.98 Å². The molecule has 0 bridgehead atoms. The monoisotopic (exact) mass is 467 g/mol. The van der Waals surface area contributed by atoms with Crippen molar-refractivity contribution in [1.82, 2.24) is 25.3 Å². The van der Waals surface area contributed by atoms with Gasteiger partial charge in [-0.15, -0.1) is 0 Å². The SMILES string of the molecule is CCN(CC)CCNC(=O)c1ccc(-c2nc(CCN(C)C(=O)c3ccccc3F)no2)cc1. The third-order valence-electron chi connectivity index (χ3n) is 5.59. The predicted molar refractivity (Wildman–Crippen MR) is 127 cm³/mol. The molecular formula is C25H30FN5O3. The first kappa shape index (κ1) is 25.0. The number of likely N-dealkylation sites (N-methyl/N-ethyl adjacent to an activating group) is 2. The highest BCUT2D eigenvalue weighted by Crippen LogP contribution is 2.18. The molecule has 0 saturated heterocycles. The van der Waals surface area contributed by atoms with Crippen LogP contribution in [-0.2, 0) is 6.42 Å². The summed E-state index contributed by atoms with van der Waals surface area (Å²) in [7, 11) is 1.60. The zero-order chi connectivity index (χ0) is 24.5. The van der Waals surface area contributed by atoms with Gasteiger partial charge in [-0.05, 0) is 49.5 Å². The van der Waals surface area contributed by atoms with E-state index in [0.717, 1.165) is 19.6 Å². The Balaban J connectivity index is 1.53. The predicted octanol–water partition coefficient (Wildman–Crippen LogP) is 3.26. The van der Waals surface area contributed by atoms with Crippen molar-refractivity contribution in [2.24, 2.45) is 0 Å². The van der Waals surface area contributed by atoms with Crippen LogP contribution in [0.3, 0.4) is 0 Å². The van der Waals surface area contributed by atoms with Crippen molar-refractivity contribution >= 4 is 11.8 Å². The smallest absolute Gasteiger partial charge is 0.257 e. The second-order valence-corrected chi connectivity index (χ2v) is 7.83. The van der Waals surface area contributed by atoms with Gasteiger partial charge in [0, 0.05) is 44.2 Å². The maximum atomic E-state index is 13.8. The van der Waals surface area contributed by atoms with E-state index in [1.807, 2.05) is 0 Å². The average molecular weight is 468 g/mol. The molecule has 0 aliphatic heterocycles. The molecule has 1 heterocycles. The summed E-state index contributed by atoms with van der Waals surface area (Å²) in [6, 6.07) is 12.8. The Hall–Kier alpha value is -3.59. The lowest BCUT2D eigenvalue weighted by Crippen LogP contribution is -2.34. The van der Waals surface area contributed by atoms with Crippen molar-refractivity contribution in [3.63, 3.8) is 0 Å². The van der Waals surface area contributed by atoms with E-state index in [1.54, 1.807) is 43.4 Å². The van der Waals surface area contributed by atoms with E-state index < -0.39 is 11.7 Å². The molecule has 0 saturated carbocycles. The molecule has 0 unspecified atom stereocenters. The minimum absolute atomic E-state index is 0.0241. The number of rotatable bonds is 11. The van der Waals surface area contributed by atoms with Crippen LogP contribution < -0.4 is 5.32 Å². The lowest BCUT2D eigenvalue weighted by Gasteiger charge is -2.17. The van der Waals surface area contributed by atoms with Gasteiger partial charge in [-0.1, -0.05) is 31.1 Å². The summed E-state index contributed by atoms with van der Waals surface area (Å²) in [6.07, 6.45) is 0.354. The number of nitrogens with zero attached hydrogens (tertiary/aromatic N) is 4. The van der Waals surface area contributed by atoms with Crippen molar-refractivity contribution in [2.75, 3.05) is 39.8 Å². The van der Waals surface area contributed by atoms with Crippen LogP contribution in [0.5, 0.6) is 0 Å². The van der Waals surface area contributed by atoms with E-state index in [9.17, 15) is 14.0 Å². The van der Waals surface area contributed by atoms with Gasteiger partial charge in [-0.3, -0.25) is 9.59 Å². The molecule has 0 fully saturated rings. The number of hydrogen-bond donors (Lipinski definition) is 1. The first-order valence-corrected chi connectivity index (χ1v) is 11.4. The molecule has 0 aliphatic rings. The standard InChI is InChI=1S/C25H30FN5O3/c1-4-31(5-2)17-15-27-23(32)18-10-12-19(13-11-18)24-28-22(29-34-24)14-16-30(3)25(33)20-8-6-7-9-21(20)26/h6-13H,4-5,14-17H2,1-3H3,(H,27,32). The van der Waals surface area contributed by atoms with Crippen molar-refractivity contribution in [2.45, 2.75) is 20.3 Å². The van der Waals surface area contributed by atoms with Crippen LogP contribution in [0.15, 0.2) is 53.1 Å². The molecule has 2 amide bonds. The van der Waals surface area contributed by atoms with Gasteiger partial charge in [-0.25, -0.2) is 4.39 Å². The number of benzene rings is 2. The van der Waals surface area contributed by atoms with E-state index in [-0.39, 0.29) is 11.5 Å². The average Bonchev–Trinajstić information content (AvgIpc) is 3.34. The van der Waals surface area contributed by atoms with Crippen LogP contribution >= 0.6 is 0 Å². The molecule has 180 valence electrons. The van der Waals surface area contributed by atoms with Gasteiger partial charge in [0.25, 0.3) is 17.7 Å². The second-order valence-electron chi connectivity index (χ2n) is 7.83. The first-order chi connectivity index (χ1) is 16.4. The summed E-state index contributed by atoms with van der Waals surface area (Å²) in [5.41, 5.74) is 1.27. The van der Waals surface area contributed by atoms with Crippen LogP contribution in [-0.4, -0.2) is 71.5 Å². The molecular weight excluding hydrogens is 437 g/mol. The highest BCUT2D eigenvalue weighted by Gasteiger charge is 2.17. The molecule has 2 aromatic carbocycles. The van der Waals surface area contributed by atoms with Crippen LogP contribution in [0.4, 0.5) is 4.39 Å². The molecule has 8 nitrogen and oxygen atoms in total. The maximum absolute atomic E-state index is 13.8. The summed E-state index contributed by atoms with van der Waals surface area (Å²) in [6.45, 7) is 7.79. The van der Waals surface area contributed by atoms with Crippen LogP contribution in [0.2, 0.25) is 0 Å². The first-order valence-electron chi connectivity index (χ1n) is 11.4. The topological polar surface area (TPSA) is 91.6 Å². The largest absolute Gasteiger partial charge is 0.351 e. The van der Waals surface area contributed by atoms with Gasteiger partial charge in [0.1, 0.15) is 5.82 Å². The number of halogens is 1. The van der Waals surface area contributed by atoms with Gasteiger partial charge in [0.05, 0.1) is 5.56 Å². The Morgan fingerprint density at radius 1 is 1.03 bits per heavy atom. The van der Waals surface area contributed by atoms with Crippen LogP contribution in [0.1, 0.15) is 40.4 Å². The lowest BCUT2D eigenvalue weighted by molar-refractivity contribution is 0.0790. The molecule has 1 N–H and O–H groups in total. The van der Waals surface area contributed by atoms with Gasteiger partial charge in [0.15, 0.2) is 5.82 Å². The normalized spacial score (nSPS) is 11.0. The Labute approximate surface area is 198 Å². The Morgan fingerprint density at radius 3 is 2.41 bits per heavy atom. The fourth-order valence-corrected chi connectivity index (χ4v) is 3.42. The summed E-state index contributed by atoms with van der Waals surface area (Å²) < 4.78 is 19.2. The maximum Gasteiger partial charge on any atom is 0.257 e. The van der Waals surface area contributed by atoms with Crippen molar-refractivity contribution < 1.29 is 18.5 Å². The third-order valence-corrected chi connectivity index (χ3v) is 5.59. The zero-order valence-electron chi connectivity index (χ0n) is 19.8. The molecule has 3 rings (SSSR count). The van der Waals surface area contributed by atoms with Crippen LogP contribution in [0, 0.1) is 5.82 Å². The van der Waals surface area contributed by atoms with Gasteiger partial charge >= 0.3 is 0 Å². The van der Waals surface area contributed by atoms with Crippen LogP contribution in [0.25, 0.3) is 11.5 Å². The molecule has 0 spiro atoms. The fraction of sp³-hybridized carbons (Fsp3) is 0.360. The molecule has 0 aliphatic carbocycles. The molecule has 1 aromatic heterocycles. The number of aromatic nitrogens is 2. The lowest BCUT2D eigenvalue weighted by atomic mass is 10.1. The second kappa shape index (κ2) is 12.0. The fourth-order valence-electron chi connectivity index (χ4n) is 3.42. The van der Waals surface area contributed by atoms with E-state index in [1.165, 1.54) is 17.0 Å². The highest BCUT2D eigenvalue weighted by molar-refractivity contribution is 5.95. The van der Waals surface area contributed by atoms with Gasteiger partial charge in [0.2, 0.25) is 0 Å². The van der Waals surface area contributed by atoms with Crippen molar-refractivity contribution in [3.05, 3.63) is 71.3 Å². The summed E-state index contributed by atoms with van der Waals surface area (Å²) in [5, 5.41) is 6.89. The zero-order valence-corrected chi connectivity index (χ0v) is 19.8. The Bertz CT molecular complexity index is 1100. The number of carbonyl (C=O) groups is 2. The molecule has 0 atom stereocenters. The number of nitrogens with one attached hydrogen (secondary N) is 1. The summed E-state index contributed by atoms with van der Waals surface area (Å²) in [5.74, 6) is -0.338. The molecule has 3 aromatic rings. The summed E-state index contributed by atoms with van der Waals surface area (Å²) >= 11 is 0. The Morgan fingerprint density at radius 2 is 1.74 bits per heavy atom. The van der Waals surface area contributed by atoms with E-state index in [0.29, 0.717) is 42.4 Å². The summed E-state index contributed by atoms with van der Waals surface area (Å²) in [4.78, 5) is 32.8. The minimum atomic E-state index is -0.554. The number of carbonyl (C=O) groups excluding carboxylic acids is 2. The quantitative estimate of drug-likeness (QED) is 0.466. The molecule has 0 radical (unpaired) electrons. The van der Waals surface area contributed by atoms with Gasteiger partial charge < -0.3 is 19.6 Å². The van der Waals surface area contributed by atoms with Crippen molar-refractivity contribution in [1.29, 1.82) is 0 Å². The van der Waals surface area contributed by atoms with E-state index in [2.05, 4.69) is 34.2 Å². The Kier molecular flexibility index (Phi) is 8.86.